The smallest absolute Gasteiger partial charge is 0.313 e. The predicted octanol–water partition coefficient (Wildman–Crippen LogP) is 4.46. The Bertz CT molecular complexity index is 451. The summed E-state index contributed by atoms with van der Waals surface area (Å²) in [7, 11) is 1.59. The molecule has 1 rings (SSSR count). The van der Waals surface area contributed by atoms with Crippen molar-refractivity contribution in [3.05, 3.63) is 47.3 Å². The molecule has 1 unspecified atom stereocenters. The van der Waals surface area contributed by atoms with Gasteiger partial charge in [-0.15, -0.1) is 0 Å². The summed E-state index contributed by atoms with van der Waals surface area (Å²) in [5, 5.41) is 2.83. The van der Waals surface area contributed by atoms with Crippen molar-refractivity contribution in [3.63, 3.8) is 0 Å². The molecule has 5 heteroatoms. The summed E-state index contributed by atoms with van der Waals surface area (Å²) >= 11 is 0. The molecule has 0 spiro atoms. The second-order valence-corrected chi connectivity index (χ2v) is 4.36. The van der Waals surface area contributed by atoms with Gasteiger partial charge >= 0.3 is 6.18 Å². The van der Waals surface area contributed by atoms with Gasteiger partial charge in [-0.25, -0.2) is 4.39 Å². The molecule has 0 aromatic heterocycles. The van der Waals surface area contributed by atoms with Crippen molar-refractivity contribution in [2.24, 2.45) is 0 Å². The van der Waals surface area contributed by atoms with E-state index in [4.69, 9.17) is 0 Å². The van der Waals surface area contributed by atoms with Gasteiger partial charge < -0.3 is 5.32 Å². The summed E-state index contributed by atoms with van der Waals surface area (Å²) in [6.07, 6.45) is -3.57. The van der Waals surface area contributed by atoms with Gasteiger partial charge in [0.2, 0.25) is 0 Å². The first kappa shape index (κ1) is 15.7. The maximum atomic E-state index is 14.0. The molecular weight excluding hydrogens is 258 g/mol. The zero-order chi connectivity index (χ0) is 14.6. The quantitative estimate of drug-likeness (QED) is 0.618. The Morgan fingerprint density at radius 3 is 2.47 bits per heavy atom. The van der Waals surface area contributed by atoms with Crippen LogP contribution in [0, 0.1) is 5.82 Å². The van der Waals surface area contributed by atoms with Crippen molar-refractivity contribution in [2.45, 2.75) is 32.0 Å². The molecule has 0 fully saturated rings. The minimum absolute atomic E-state index is 0.0203. The van der Waals surface area contributed by atoms with E-state index >= 15 is 0 Å². The standard InChI is InChI=1S/C14H17F4N/c1-4-9(2)8-12(19-3)10-6-5-7-11(13(10)15)14(16,17)18/h5-7,12,19H,2,4,8H2,1,3H3. The Hall–Kier alpha value is -1.36. The molecule has 106 valence electrons. The van der Waals surface area contributed by atoms with Gasteiger partial charge in [0, 0.05) is 11.6 Å². The van der Waals surface area contributed by atoms with E-state index in [0.717, 1.165) is 11.6 Å². The minimum Gasteiger partial charge on any atom is -0.313 e. The maximum Gasteiger partial charge on any atom is 0.419 e. The molecule has 0 amide bonds. The lowest BCUT2D eigenvalue weighted by atomic mass is 9.96. The lowest BCUT2D eigenvalue weighted by Gasteiger charge is -2.20. The van der Waals surface area contributed by atoms with E-state index in [0.29, 0.717) is 12.8 Å². The Morgan fingerprint density at radius 1 is 1.37 bits per heavy atom. The fourth-order valence-electron chi connectivity index (χ4n) is 1.84. The summed E-state index contributed by atoms with van der Waals surface area (Å²) in [6, 6.07) is 2.84. The largest absolute Gasteiger partial charge is 0.419 e. The van der Waals surface area contributed by atoms with Crippen LogP contribution in [-0.4, -0.2) is 7.05 Å². The zero-order valence-corrected chi connectivity index (χ0v) is 10.9. The van der Waals surface area contributed by atoms with E-state index in [1.807, 2.05) is 6.92 Å². The normalized spacial score (nSPS) is 13.4. The van der Waals surface area contributed by atoms with E-state index in [9.17, 15) is 17.6 Å². The molecule has 0 saturated carbocycles. The molecule has 1 aromatic rings. The molecule has 0 bridgehead atoms. The number of alkyl halides is 3. The summed E-state index contributed by atoms with van der Waals surface area (Å²) in [5.74, 6) is -1.21. The van der Waals surface area contributed by atoms with Crippen LogP contribution < -0.4 is 5.32 Å². The summed E-state index contributed by atoms with van der Waals surface area (Å²) in [6.45, 7) is 5.70. The van der Waals surface area contributed by atoms with Crippen molar-refractivity contribution in [1.29, 1.82) is 0 Å². The summed E-state index contributed by atoms with van der Waals surface area (Å²) < 4.78 is 51.9. The molecule has 1 nitrogen and oxygen atoms in total. The van der Waals surface area contributed by atoms with Gasteiger partial charge in [0.1, 0.15) is 5.82 Å². The minimum atomic E-state index is -4.68. The van der Waals surface area contributed by atoms with E-state index in [-0.39, 0.29) is 5.56 Å². The number of hydrogen-bond acceptors (Lipinski definition) is 1. The first-order chi connectivity index (χ1) is 8.81. The fourth-order valence-corrected chi connectivity index (χ4v) is 1.84. The van der Waals surface area contributed by atoms with E-state index in [1.165, 1.54) is 12.1 Å². The zero-order valence-electron chi connectivity index (χ0n) is 10.9. The SMILES string of the molecule is C=C(CC)CC(NC)c1cccc(C(F)(F)F)c1F. The van der Waals surface area contributed by atoms with Gasteiger partial charge in [0.25, 0.3) is 0 Å². The highest BCUT2D eigenvalue weighted by molar-refractivity contribution is 5.31. The summed E-state index contributed by atoms with van der Waals surface area (Å²) in [4.78, 5) is 0. The highest BCUT2D eigenvalue weighted by Gasteiger charge is 2.35. The van der Waals surface area contributed by atoms with Gasteiger partial charge in [-0.05, 0) is 26.0 Å². The second kappa shape index (κ2) is 6.19. The summed E-state index contributed by atoms with van der Waals surface area (Å²) in [5.41, 5.74) is -0.351. The van der Waals surface area contributed by atoms with Crippen LogP contribution in [0.5, 0.6) is 0 Å². The molecular formula is C14H17F4N. The van der Waals surface area contributed by atoms with Crippen LogP contribution in [0.15, 0.2) is 30.4 Å². The Kier molecular flexibility index (Phi) is 5.11. The highest BCUT2D eigenvalue weighted by atomic mass is 19.4. The van der Waals surface area contributed by atoms with Gasteiger partial charge in [0.15, 0.2) is 0 Å². The van der Waals surface area contributed by atoms with Crippen molar-refractivity contribution in [2.75, 3.05) is 7.05 Å². The highest BCUT2D eigenvalue weighted by Crippen LogP contribution is 2.35. The molecule has 1 atom stereocenters. The van der Waals surface area contributed by atoms with Crippen LogP contribution >= 0.6 is 0 Å². The monoisotopic (exact) mass is 275 g/mol. The molecule has 0 radical (unpaired) electrons. The Morgan fingerprint density at radius 2 is 2.00 bits per heavy atom. The van der Waals surface area contributed by atoms with Crippen LogP contribution in [0.1, 0.15) is 36.9 Å². The van der Waals surface area contributed by atoms with Crippen LogP contribution in [0.25, 0.3) is 0 Å². The Balaban J connectivity index is 3.15. The van der Waals surface area contributed by atoms with Gasteiger partial charge in [-0.3, -0.25) is 0 Å². The predicted molar refractivity (Wildman–Crippen MR) is 67.3 cm³/mol. The topological polar surface area (TPSA) is 12.0 Å². The van der Waals surface area contributed by atoms with E-state index < -0.39 is 23.6 Å². The molecule has 0 saturated heterocycles. The lowest BCUT2D eigenvalue weighted by Crippen LogP contribution is -2.20. The number of nitrogens with one attached hydrogen (secondary N) is 1. The van der Waals surface area contributed by atoms with Gasteiger partial charge in [-0.2, -0.15) is 13.2 Å². The van der Waals surface area contributed by atoms with E-state index in [1.54, 1.807) is 7.05 Å². The lowest BCUT2D eigenvalue weighted by molar-refractivity contribution is -0.140. The van der Waals surface area contributed by atoms with Crippen LogP contribution in [-0.2, 0) is 6.18 Å². The third kappa shape index (κ3) is 3.80. The number of hydrogen-bond donors (Lipinski definition) is 1. The molecule has 0 aliphatic heterocycles. The van der Waals surface area contributed by atoms with Crippen molar-refractivity contribution in [1.82, 2.24) is 5.32 Å². The third-order valence-corrected chi connectivity index (χ3v) is 3.05. The molecule has 1 N–H and O–H groups in total. The second-order valence-electron chi connectivity index (χ2n) is 4.36. The van der Waals surface area contributed by atoms with E-state index in [2.05, 4.69) is 11.9 Å². The maximum absolute atomic E-state index is 14.0. The average Bonchev–Trinajstić information content (AvgIpc) is 2.34. The molecule has 1 aromatic carbocycles. The first-order valence-electron chi connectivity index (χ1n) is 6.00. The average molecular weight is 275 g/mol. The van der Waals surface area contributed by atoms with Crippen molar-refractivity contribution in [3.8, 4) is 0 Å². The van der Waals surface area contributed by atoms with Gasteiger partial charge in [-0.1, -0.05) is 31.2 Å². The first-order valence-corrected chi connectivity index (χ1v) is 6.00. The number of rotatable bonds is 5. The van der Waals surface area contributed by atoms with Crippen LogP contribution in [0.3, 0.4) is 0 Å². The number of halogens is 4. The third-order valence-electron chi connectivity index (χ3n) is 3.05. The fraction of sp³-hybridized carbons (Fsp3) is 0.429. The molecule has 0 aliphatic carbocycles. The van der Waals surface area contributed by atoms with Crippen LogP contribution in [0.4, 0.5) is 17.6 Å². The van der Waals surface area contributed by atoms with Crippen molar-refractivity contribution >= 4 is 0 Å². The van der Waals surface area contributed by atoms with Crippen molar-refractivity contribution < 1.29 is 17.6 Å². The van der Waals surface area contributed by atoms with Gasteiger partial charge in [0.05, 0.1) is 5.56 Å². The molecule has 19 heavy (non-hydrogen) atoms. The Labute approximate surface area is 110 Å². The van der Waals surface area contributed by atoms with Crippen LogP contribution in [0.2, 0.25) is 0 Å². The molecule has 0 heterocycles. The molecule has 0 aliphatic rings. The number of benzene rings is 1.